The summed E-state index contributed by atoms with van der Waals surface area (Å²) in [6.07, 6.45) is 3.81. The van der Waals surface area contributed by atoms with Gasteiger partial charge in [-0.05, 0) is 0 Å². The van der Waals surface area contributed by atoms with Gasteiger partial charge in [-0.1, -0.05) is 0 Å². The molecule has 4 aromatic rings. The van der Waals surface area contributed by atoms with Crippen molar-refractivity contribution in [3.8, 4) is 0 Å². The van der Waals surface area contributed by atoms with E-state index in [1.54, 1.807) is 6.20 Å². The van der Waals surface area contributed by atoms with E-state index in [0.29, 0.717) is 12.1 Å². The number of pyridine rings is 1. The molecule has 2 N–H and O–H groups in total. The molecular weight excluding hydrogens is 389 g/mol. The van der Waals surface area contributed by atoms with Crippen molar-refractivity contribution in [2.24, 2.45) is 0 Å². The van der Waals surface area contributed by atoms with Gasteiger partial charge in [0.15, 0.2) is 0 Å². The van der Waals surface area contributed by atoms with Crippen molar-refractivity contribution in [2.75, 3.05) is 0 Å². The second kappa shape index (κ2) is 7.56. The maximum absolute atomic E-state index is 12.3. The van der Waals surface area contributed by atoms with Crippen LogP contribution < -0.4 is 14.2 Å². The van der Waals surface area contributed by atoms with Crippen molar-refractivity contribution in [3.05, 3.63) is 90.4 Å². The van der Waals surface area contributed by atoms with Crippen molar-refractivity contribution < 1.29 is 4.79 Å². The molecule has 0 saturated carbocycles. The van der Waals surface area contributed by atoms with Crippen LogP contribution in [0.25, 0.3) is 10.9 Å². The Kier molecular flexibility index (Phi) is 4.82. The molecule has 2 aromatic heterocycles. The van der Waals surface area contributed by atoms with E-state index in [9.17, 15) is 4.79 Å². The van der Waals surface area contributed by atoms with Gasteiger partial charge in [0.05, 0.1) is 0 Å². The first-order valence-corrected chi connectivity index (χ1v) is 10.0. The molecule has 2 aromatic carbocycles. The third-order valence-corrected chi connectivity index (χ3v) is 6.29. The SMILES string of the molecule is O=C(NCc1ccccn1)c1ccc([Se]c2c[nH]c3ccccc23)cc1. The van der Waals surface area contributed by atoms with Crippen LogP contribution in [0, 0.1) is 0 Å². The third-order valence-electron chi connectivity index (χ3n) is 4.05. The molecule has 26 heavy (non-hydrogen) atoms. The van der Waals surface area contributed by atoms with Gasteiger partial charge in [0.25, 0.3) is 0 Å². The summed E-state index contributed by atoms with van der Waals surface area (Å²) < 4.78 is 2.56. The summed E-state index contributed by atoms with van der Waals surface area (Å²) in [7, 11) is 0. The molecule has 4 nitrogen and oxygen atoms in total. The predicted octanol–water partition coefficient (Wildman–Crippen LogP) is 2.15. The standard InChI is InChI=1S/C21H17N3OSe/c25-21(24-13-16-5-3-4-12-22-16)15-8-10-17(11-9-15)26-20-14-23-19-7-2-1-6-18(19)20/h1-12,14,23H,13H2,(H,24,25). The molecule has 0 aliphatic carbocycles. The van der Waals surface area contributed by atoms with Crippen molar-refractivity contribution >= 4 is 40.7 Å². The monoisotopic (exact) mass is 407 g/mol. The molecule has 5 heteroatoms. The fraction of sp³-hybridized carbons (Fsp3) is 0.0476. The minimum atomic E-state index is -0.0817. The number of carbonyl (C=O) groups excluding carboxylic acids is 1. The van der Waals surface area contributed by atoms with Gasteiger partial charge in [-0.15, -0.1) is 0 Å². The summed E-state index contributed by atoms with van der Waals surface area (Å²) in [5.74, 6) is -0.0817. The zero-order valence-corrected chi connectivity index (χ0v) is 15.7. The summed E-state index contributed by atoms with van der Waals surface area (Å²) in [6, 6.07) is 21.8. The van der Waals surface area contributed by atoms with E-state index in [1.165, 1.54) is 14.3 Å². The Bertz CT molecular complexity index is 1030. The topological polar surface area (TPSA) is 57.8 Å². The Morgan fingerprint density at radius 1 is 1.00 bits per heavy atom. The molecule has 0 fully saturated rings. The van der Waals surface area contributed by atoms with Crippen LogP contribution in [-0.2, 0) is 6.54 Å². The maximum atomic E-state index is 12.3. The summed E-state index contributed by atoms with van der Waals surface area (Å²) in [5, 5.41) is 4.17. The Hall–Kier alpha value is -2.88. The van der Waals surface area contributed by atoms with E-state index >= 15 is 0 Å². The first kappa shape index (κ1) is 16.6. The molecule has 0 unspecified atom stereocenters. The van der Waals surface area contributed by atoms with Gasteiger partial charge in [-0.3, -0.25) is 0 Å². The molecule has 2 heterocycles. The molecule has 0 saturated heterocycles. The Morgan fingerprint density at radius 3 is 2.62 bits per heavy atom. The number of nitrogens with zero attached hydrogens (tertiary/aromatic N) is 1. The first-order valence-electron chi connectivity index (χ1n) is 8.32. The van der Waals surface area contributed by atoms with Crippen molar-refractivity contribution in [1.29, 1.82) is 0 Å². The molecule has 1 amide bonds. The van der Waals surface area contributed by atoms with E-state index in [0.717, 1.165) is 11.2 Å². The summed E-state index contributed by atoms with van der Waals surface area (Å²) >= 11 is 0.197. The normalized spacial score (nSPS) is 10.8. The first-order chi connectivity index (χ1) is 12.8. The fourth-order valence-corrected chi connectivity index (χ4v) is 4.66. The van der Waals surface area contributed by atoms with Crippen LogP contribution in [0.3, 0.4) is 0 Å². The average molecular weight is 406 g/mol. The number of benzene rings is 2. The van der Waals surface area contributed by atoms with E-state index in [4.69, 9.17) is 0 Å². The van der Waals surface area contributed by atoms with Gasteiger partial charge < -0.3 is 0 Å². The van der Waals surface area contributed by atoms with Crippen LogP contribution in [0.1, 0.15) is 16.1 Å². The zero-order chi connectivity index (χ0) is 17.8. The third kappa shape index (κ3) is 3.69. The number of hydrogen-bond donors (Lipinski definition) is 2. The predicted molar refractivity (Wildman–Crippen MR) is 105 cm³/mol. The molecule has 0 bridgehead atoms. The number of aromatic nitrogens is 2. The molecule has 0 atom stereocenters. The molecule has 0 aliphatic heterocycles. The van der Waals surface area contributed by atoms with E-state index in [-0.39, 0.29) is 20.9 Å². The van der Waals surface area contributed by atoms with Crippen LogP contribution in [0.15, 0.2) is 79.1 Å². The van der Waals surface area contributed by atoms with Crippen LogP contribution in [0.4, 0.5) is 0 Å². The summed E-state index contributed by atoms with van der Waals surface area (Å²) in [5.41, 5.74) is 2.68. The zero-order valence-electron chi connectivity index (χ0n) is 14.0. The Labute approximate surface area is 157 Å². The van der Waals surface area contributed by atoms with Crippen molar-refractivity contribution in [1.82, 2.24) is 15.3 Å². The van der Waals surface area contributed by atoms with Crippen LogP contribution >= 0.6 is 0 Å². The van der Waals surface area contributed by atoms with Crippen LogP contribution in [0.2, 0.25) is 0 Å². The second-order valence-electron chi connectivity index (χ2n) is 5.83. The molecular formula is C21H17N3OSe. The molecule has 0 aliphatic rings. The Balaban J connectivity index is 1.42. The number of rotatable bonds is 5. The van der Waals surface area contributed by atoms with Gasteiger partial charge in [0.1, 0.15) is 0 Å². The molecule has 0 radical (unpaired) electrons. The van der Waals surface area contributed by atoms with Gasteiger partial charge in [0, 0.05) is 0 Å². The summed E-state index contributed by atoms with van der Waals surface area (Å²) in [4.78, 5) is 19.8. The number of hydrogen-bond acceptors (Lipinski definition) is 2. The van der Waals surface area contributed by atoms with Gasteiger partial charge in [0.2, 0.25) is 0 Å². The Morgan fingerprint density at radius 2 is 1.81 bits per heavy atom. The number of carbonyl (C=O) groups is 1. The molecule has 0 spiro atoms. The number of aromatic amines is 1. The van der Waals surface area contributed by atoms with Crippen LogP contribution in [-0.4, -0.2) is 30.8 Å². The van der Waals surface area contributed by atoms with E-state index < -0.39 is 0 Å². The number of fused-ring (bicyclic) bond motifs is 1. The van der Waals surface area contributed by atoms with Gasteiger partial charge in [-0.2, -0.15) is 0 Å². The number of nitrogens with one attached hydrogen (secondary N) is 2. The quantitative estimate of drug-likeness (QED) is 0.499. The number of H-pyrrole nitrogens is 1. The number of amides is 1. The van der Waals surface area contributed by atoms with Gasteiger partial charge >= 0.3 is 158 Å². The molecule has 128 valence electrons. The number of para-hydroxylation sites is 1. The van der Waals surface area contributed by atoms with E-state index in [1.807, 2.05) is 48.5 Å². The average Bonchev–Trinajstić information content (AvgIpc) is 3.10. The minimum absolute atomic E-state index is 0.0817. The van der Waals surface area contributed by atoms with Crippen molar-refractivity contribution in [3.63, 3.8) is 0 Å². The second-order valence-corrected chi connectivity index (χ2v) is 8.17. The van der Waals surface area contributed by atoms with Crippen molar-refractivity contribution in [2.45, 2.75) is 6.54 Å². The fourth-order valence-electron chi connectivity index (χ4n) is 2.71. The molecule has 4 rings (SSSR count). The van der Waals surface area contributed by atoms with E-state index in [2.05, 4.69) is 39.7 Å². The van der Waals surface area contributed by atoms with Crippen LogP contribution in [0.5, 0.6) is 0 Å². The summed E-state index contributed by atoms with van der Waals surface area (Å²) in [6.45, 7) is 0.431. The van der Waals surface area contributed by atoms with Gasteiger partial charge in [-0.25, -0.2) is 0 Å².